The summed E-state index contributed by atoms with van der Waals surface area (Å²) in [6.45, 7) is 8.33. The Labute approximate surface area is 420 Å². The second kappa shape index (κ2) is 26.7. The molecule has 2 aromatic heterocycles. The molecule has 0 saturated carbocycles. The third-order valence-corrected chi connectivity index (χ3v) is 12.7. The van der Waals surface area contributed by atoms with Gasteiger partial charge in [0.1, 0.15) is 22.7 Å². The summed E-state index contributed by atoms with van der Waals surface area (Å²) in [7, 11) is 0. The number of fused-ring (bicyclic) bond motifs is 2. The van der Waals surface area contributed by atoms with Gasteiger partial charge in [-0.3, -0.25) is 0 Å². The molecular formula is C57H64F6O10. The number of rotatable bonds is 29. The van der Waals surface area contributed by atoms with Crippen molar-refractivity contribution in [3.8, 4) is 33.8 Å². The molecule has 6 aromatic rings. The monoisotopic (exact) mass is 1020 g/mol. The summed E-state index contributed by atoms with van der Waals surface area (Å²) in [5.74, 6) is 0.660. The number of benzene rings is 4. The van der Waals surface area contributed by atoms with E-state index in [-0.39, 0.29) is 59.7 Å². The van der Waals surface area contributed by atoms with E-state index in [1.54, 1.807) is 36.4 Å². The number of unbranched alkanes of at least 4 members (excludes halogenated alkanes) is 4. The number of halogens is 6. The van der Waals surface area contributed by atoms with Crippen molar-refractivity contribution in [2.45, 2.75) is 134 Å². The van der Waals surface area contributed by atoms with Crippen molar-refractivity contribution in [3.05, 3.63) is 141 Å². The minimum Gasteiger partial charge on any atom is -0.502 e. The second-order valence-electron chi connectivity index (χ2n) is 18.2. The molecule has 2 N–H and O–H groups in total. The standard InChI is InChI=1S/C57H64F6O10/c1-4-7-9-13-37-17-23-44(48(31-37)56(58,59)60)46-33-39-19-21-42(35-52(39)72-54(46)66)70-29-25-41(69-28-12-16-51(65)50(64)15-11-27-68-6-3)26-30-71-43-22-20-40-34-47(55(67)73-53(40)36-43)45-24-18-38(14-10-8-5-2)32-49(45)57(61,62)63/h6,17-24,31-36,41,50-51,64-65H,3-5,7-16,25-30H2,1-2H3. The van der Waals surface area contributed by atoms with E-state index in [1.165, 1.54) is 42.7 Å². The van der Waals surface area contributed by atoms with Crippen molar-refractivity contribution in [2.24, 2.45) is 0 Å². The van der Waals surface area contributed by atoms with Crippen LogP contribution in [-0.4, -0.2) is 55.0 Å². The van der Waals surface area contributed by atoms with Gasteiger partial charge in [0.05, 0.1) is 66.6 Å². The van der Waals surface area contributed by atoms with Gasteiger partial charge in [0.2, 0.25) is 0 Å². The molecule has 0 saturated heterocycles. The predicted octanol–water partition coefficient (Wildman–Crippen LogP) is 13.8. The summed E-state index contributed by atoms with van der Waals surface area (Å²) in [4.78, 5) is 26.5. The Kier molecular flexibility index (Phi) is 20.6. The highest BCUT2D eigenvalue weighted by Gasteiger charge is 2.36. The normalized spacial score (nSPS) is 12.9. The van der Waals surface area contributed by atoms with Crippen molar-refractivity contribution < 1.29 is 64.3 Å². The molecule has 0 fully saturated rings. The number of aliphatic hydroxyl groups excluding tert-OH is 2. The Hall–Kier alpha value is -6.10. The molecular weight excluding hydrogens is 959 g/mol. The van der Waals surface area contributed by atoms with Crippen LogP contribution in [0.2, 0.25) is 0 Å². The van der Waals surface area contributed by atoms with Crippen LogP contribution in [0, 0.1) is 0 Å². The molecule has 2 heterocycles. The number of alkyl halides is 6. The number of hydrogen-bond acceptors (Lipinski definition) is 10. The third kappa shape index (κ3) is 16.2. The molecule has 73 heavy (non-hydrogen) atoms. The van der Waals surface area contributed by atoms with Crippen molar-refractivity contribution in [2.75, 3.05) is 26.4 Å². The van der Waals surface area contributed by atoms with E-state index in [0.29, 0.717) is 85.0 Å². The Bertz CT molecular complexity index is 2680. The van der Waals surface area contributed by atoms with E-state index in [4.69, 9.17) is 27.8 Å². The van der Waals surface area contributed by atoms with Gasteiger partial charge >= 0.3 is 23.6 Å². The van der Waals surface area contributed by atoms with Gasteiger partial charge in [-0.1, -0.05) is 70.4 Å². The smallest absolute Gasteiger partial charge is 0.417 e. The van der Waals surface area contributed by atoms with Gasteiger partial charge < -0.3 is 38.0 Å². The Morgan fingerprint density at radius 1 is 0.548 bits per heavy atom. The van der Waals surface area contributed by atoms with Gasteiger partial charge in [0.25, 0.3) is 0 Å². The van der Waals surface area contributed by atoms with Crippen molar-refractivity contribution in [3.63, 3.8) is 0 Å². The fourth-order valence-electron chi connectivity index (χ4n) is 8.64. The van der Waals surface area contributed by atoms with Crippen LogP contribution in [0.15, 0.2) is 116 Å². The highest BCUT2D eigenvalue weighted by Crippen LogP contribution is 2.40. The van der Waals surface area contributed by atoms with Gasteiger partial charge in [-0.25, -0.2) is 9.59 Å². The summed E-state index contributed by atoms with van der Waals surface area (Å²) in [5, 5.41) is 21.7. The van der Waals surface area contributed by atoms with E-state index in [0.717, 1.165) is 50.7 Å². The van der Waals surface area contributed by atoms with Crippen molar-refractivity contribution in [1.82, 2.24) is 0 Å². The average molecular weight is 1020 g/mol. The number of aliphatic hydroxyl groups is 2. The molecule has 394 valence electrons. The molecule has 6 rings (SSSR count). The van der Waals surface area contributed by atoms with Gasteiger partial charge in [-0.15, -0.1) is 0 Å². The summed E-state index contributed by atoms with van der Waals surface area (Å²) in [5.41, 5.74) is -3.32. The minimum atomic E-state index is -4.70. The first kappa shape index (κ1) is 56.2. The lowest BCUT2D eigenvalue weighted by molar-refractivity contribution is -0.138. The fourth-order valence-corrected chi connectivity index (χ4v) is 8.64. The molecule has 2 unspecified atom stereocenters. The van der Waals surface area contributed by atoms with Crippen LogP contribution in [0.5, 0.6) is 11.5 Å². The van der Waals surface area contributed by atoms with Gasteiger partial charge in [0, 0.05) is 53.5 Å². The molecule has 10 nitrogen and oxygen atoms in total. The zero-order valence-electron chi connectivity index (χ0n) is 41.3. The first-order chi connectivity index (χ1) is 35.0. The summed E-state index contributed by atoms with van der Waals surface area (Å²) < 4.78 is 120. The van der Waals surface area contributed by atoms with E-state index >= 15 is 0 Å². The molecule has 0 aliphatic carbocycles. The van der Waals surface area contributed by atoms with E-state index in [2.05, 4.69) is 6.58 Å². The zero-order valence-corrected chi connectivity index (χ0v) is 41.3. The van der Waals surface area contributed by atoms with Crippen LogP contribution in [0.1, 0.15) is 113 Å². The molecule has 4 aromatic carbocycles. The average Bonchev–Trinajstić information content (AvgIpc) is 3.35. The minimum absolute atomic E-state index is 0.117. The van der Waals surface area contributed by atoms with Crippen molar-refractivity contribution in [1.29, 1.82) is 0 Å². The zero-order chi connectivity index (χ0) is 52.5. The fraction of sp³-hybridized carbons (Fsp3) is 0.439. The van der Waals surface area contributed by atoms with Crippen LogP contribution >= 0.6 is 0 Å². The highest BCUT2D eigenvalue weighted by atomic mass is 19.4. The quantitative estimate of drug-likeness (QED) is 0.0202. The first-order valence-corrected chi connectivity index (χ1v) is 25.0. The van der Waals surface area contributed by atoms with Crippen LogP contribution in [0.25, 0.3) is 44.2 Å². The molecule has 0 bridgehead atoms. The molecule has 16 heteroatoms. The molecule has 0 aliphatic heterocycles. The second-order valence-corrected chi connectivity index (χ2v) is 18.2. The predicted molar refractivity (Wildman–Crippen MR) is 269 cm³/mol. The van der Waals surface area contributed by atoms with Gasteiger partial charge in [-0.2, -0.15) is 26.3 Å². The number of ether oxygens (including phenoxy) is 4. The molecule has 0 aliphatic rings. The maximum Gasteiger partial charge on any atom is 0.417 e. The van der Waals surface area contributed by atoms with Crippen LogP contribution < -0.4 is 20.7 Å². The summed E-state index contributed by atoms with van der Waals surface area (Å²) in [6.07, 6.45) is -2.14. The highest BCUT2D eigenvalue weighted by molar-refractivity contribution is 5.85. The largest absolute Gasteiger partial charge is 0.502 e. The van der Waals surface area contributed by atoms with Crippen molar-refractivity contribution >= 4 is 21.9 Å². The van der Waals surface area contributed by atoms with Crippen LogP contribution in [-0.2, 0) is 34.7 Å². The molecule has 2 atom stereocenters. The van der Waals surface area contributed by atoms with Gasteiger partial charge in [-0.05, 0) is 111 Å². The maximum atomic E-state index is 14.3. The van der Waals surface area contributed by atoms with E-state index in [1.807, 2.05) is 13.8 Å². The maximum absolute atomic E-state index is 14.3. The lowest BCUT2D eigenvalue weighted by atomic mass is 9.95. The van der Waals surface area contributed by atoms with Crippen LogP contribution in [0.4, 0.5) is 26.3 Å². The van der Waals surface area contributed by atoms with E-state index < -0.39 is 53.0 Å². The number of hydrogen-bond donors (Lipinski definition) is 2. The van der Waals surface area contributed by atoms with Gasteiger partial charge in [0.15, 0.2) is 0 Å². The lowest BCUT2D eigenvalue weighted by Crippen LogP contribution is -2.27. The Morgan fingerprint density at radius 2 is 1.00 bits per heavy atom. The first-order valence-electron chi connectivity index (χ1n) is 25.0. The summed E-state index contributed by atoms with van der Waals surface area (Å²) in [6, 6.07) is 20.2. The SMILES string of the molecule is C=COCCCC(O)C(O)CCCOC(CCOc1ccc2cc(-c3ccc(CCCCC)cc3C(F)(F)F)c(=O)oc2c1)CCOc1ccc2cc(-c3ccc(CCCCC)cc3C(F)(F)F)c(=O)oc2c1. The van der Waals surface area contributed by atoms with Crippen LogP contribution in [0.3, 0.4) is 0 Å². The third-order valence-electron chi connectivity index (χ3n) is 12.7. The molecule has 0 amide bonds. The molecule has 0 radical (unpaired) electrons. The Morgan fingerprint density at radius 3 is 1.42 bits per heavy atom. The Balaban J connectivity index is 1.12. The lowest BCUT2D eigenvalue weighted by Gasteiger charge is -2.21. The summed E-state index contributed by atoms with van der Waals surface area (Å²) >= 11 is 0. The topological polar surface area (TPSA) is 138 Å². The number of aryl methyl sites for hydroxylation is 2. The van der Waals surface area contributed by atoms with E-state index in [9.17, 15) is 46.1 Å². The molecule has 0 spiro atoms.